The largest absolute Gasteiger partial charge is 0.480 e. The van der Waals surface area contributed by atoms with E-state index in [9.17, 15) is 4.79 Å². The highest BCUT2D eigenvalue weighted by Crippen LogP contribution is 2.26. The Morgan fingerprint density at radius 2 is 2.06 bits per heavy atom. The highest BCUT2D eigenvalue weighted by molar-refractivity contribution is 6.42. The Balaban J connectivity index is 2.99. The van der Waals surface area contributed by atoms with Gasteiger partial charge < -0.3 is 16.2 Å². The Labute approximate surface area is 103 Å². The molecule has 0 saturated carbocycles. The molecule has 0 aliphatic rings. The van der Waals surface area contributed by atoms with Crippen LogP contribution in [-0.2, 0) is 4.79 Å². The van der Waals surface area contributed by atoms with Crippen molar-refractivity contribution < 1.29 is 9.90 Å². The van der Waals surface area contributed by atoms with Gasteiger partial charge in [-0.1, -0.05) is 29.3 Å². The highest BCUT2D eigenvalue weighted by atomic mass is 35.5. The van der Waals surface area contributed by atoms with Crippen molar-refractivity contribution >= 4 is 29.2 Å². The van der Waals surface area contributed by atoms with E-state index in [4.69, 9.17) is 34.0 Å². The number of nitrogens with one attached hydrogen (secondary N) is 1. The average molecular weight is 263 g/mol. The van der Waals surface area contributed by atoms with Gasteiger partial charge >= 0.3 is 5.97 Å². The van der Waals surface area contributed by atoms with Crippen molar-refractivity contribution in [3.05, 3.63) is 33.8 Å². The van der Waals surface area contributed by atoms with E-state index in [-0.39, 0.29) is 0 Å². The number of benzene rings is 1. The number of rotatable bonds is 4. The first kappa shape index (κ1) is 13.3. The normalized spacial score (nSPS) is 14.5. The molecule has 0 fully saturated rings. The van der Waals surface area contributed by atoms with Crippen LogP contribution in [0.4, 0.5) is 0 Å². The van der Waals surface area contributed by atoms with Crippen molar-refractivity contribution in [1.82, 2.24) is 5.32 Å². The van der Waals surface area contributed by atoms with Crippen molar-refractivity contribution in [2.24, 2.45) is 5.73 Å². The van der Waals surface area contributed by atoms with Gasteiger partial charge in [-0.15, -0.1) is 0 Å². The molecule has 0 saturated heterocycles. The van der Waals surface area contributed by atoms with Crippen LogP contribution in [-0.4, -0.2) is 24.2 Å². The van der Waals surface area contributed by atoms with Crippen LogP contribution in [0.25, 0.3) is 0 Å². The van der Waals surface area contributed by atoms with Gasteiger partial charge in [-0.05, 0) is 24.7 Å². The Bertz CT molecular complexity index is 398. The molecule has 2 atom stereocenters. The van der Waals surface area contributed by atoms with Crippen LogP contribution < -0.4 is 11.1 Å². The molecule has 0 heterocycles. The zero-order chi connectivity index (χ0) is 12.3. The molecule has 1 aromatic rings. The van der Waals surface area contributed by atoms with E-state index in [0.29, 0.717) is 15.6 Å². The van der Waals surface area contributed by atoms with E-state index in [0.717, 1.165) is 0 Å². The molecule has 88 valence electrons. The van der Waals surface area contributed by atoms with Gasteiger partial charge in [-0.2, -0.15) is 0 Å². The quantitative estimate of drug-likeness (QED) is 0.772. The predicted molar refractivity (Wildman–Crippen MR) is 63.9 cm³/mol. The zero-order valence-electron chi connectivity index (χ0n) is 8.58. The molecule has 6 heteroatoms. The Morgan fingerprint density at radius 3 is 2.50 bits per heavy atom. The average Bonchev–Trinajstić information content (AvgIpc) is 2.22. The molecule has 0 spiro atoms. The maximum atomic E-state index is 10.9. The summed E-state index contributed by atoms with van der Waals surface area (Å²) in [7, 11) is 1.54. The molecule has 4 nitrogen and oxygen atoms in total. The summed E-state index contributed by atoms with van der Waals surface area (Å²) in [6.07, 6.45) is 0. The maximum absolute atomic E-state index is 10.9. The Kier molecular flexibility index (Phi) is 4.56. The van der Waals surface area contributed by atoms with Crippen LogP contribution >= 0.6 is 23.2 Å². The van der Waals surface area contributed by atoms with Crippen molar-refractivity contribution in [3.8, 4) is 0 Å². The van der Waals surface area contributed by atoms with Gasteiger partial charge in [0, 0.05) is 0 Å². The van der Waals surface area contributed by atoms with E-state index in [1.165, 1.54) is 7.05 Å². The van der Waals surface area contributed by atoms with Crippen molar-refractivity contribution in [1.29, 1.82) is 0 Å². The molecule has 1 rings (SSSR count). The molecular formula is C10H12Cl2N2O2. The van der Waals surface area contributed by atoms with Crippen LogP contribution in [0.3, 0.4) is 0 Å². The van der Waals surface area contributed by atoms with E-state index in [2.05, 4.69) is 5.32 Å². The van der Waals surface area contributed by atoms with Crippen LogP contribution in [0.5, 0.6) is 0 Å². The number of carboxylic acid groups (broad SMARTS) is 1. The van der Waals surface area contributed by atoms with Crippen molar-refractivity contribution in [2.45, 2.75) is 12.1 Å². The third-order valence-corrected chi connectivity index (χ3v) is 3.00. The summed E-state index contributed by atoms with van der Waals surface area (Å²) >= 11 is 11.6. The summed E-state index contributed by atoms with van der Waals surface area (Å²) in [6, 6.07) is 3.27. The number of likely N-dealkylation sites (N-methyl/N-ethyl adjacent to an activating group) is 1. The first-order chi connectivity index (χ1) is 7.47. The predicted octanol–water partition coefficient (Wildman–Crippen LogP) is 1.67. The van der Waals surface area contributed by atoms with Gasteiger partial charge in [0.25, 0.3) is 0 Å². The number of hydrogen-bond acceptors (Lipinski definition) is 3. The topological polar surface area (TPSA) is 75.3 Å². The third-order valence-electron chi connectivity index (χ3n) is 2.26. The summed E-state index contributed by atoms with van der Waals surface area (Å²) in [6.45, 7) is 0. The summed E-state index contributed by atoms with van der Waals surface area (Å²) in [5.41, 5.74) is 6.45. The van der Waals surface area contributed by atoms with Gasteiger partial charge in [-0.3, -0.25) is 4.79 Å². The second-order valence-electron chi connectivity index (χ2n) is 3.30. The first-order valence-corrected chi connectivity index (χ1v) is 5.33. The SMILES string of the molecule is CNC(C(=O)O)C(N)c1ccc(Cl)c(Cl)c1. The standard InChI is InChI=1S/C10H12Cl2N2O2/c1-14-9(10(15)16)8(13)5-2-3-6(11)7(12)4-5/h2-4,8-9,14H,13H2,1H3,(H,15,16). The van der Waals surface area contributed by atoms with Crippen LogP contribution in [0.2, 0.25) is 10.0 Å². The van der Waals surface area contributed by atoms with Crippen LogP contribution in [0.1, 0.15) is 11.6 Å². The lowest BCUT2D eigenvalue weighted by atomic mass is 10.0. The van der Waals surface area contributed by atoms with E-state index < -0.39 is 18.1 Å². The van der Waals surface area contributed by atoms with Crippen LogP contribution in [0, 0.1) is 0 Å². The highest BCUT2D eigenvalue weighted by Gasteiger charge is 2.24. The first-order valence-electron chi connectivity index (χ1n) is 4.58. The minimum absolute atomic E-state index is 0.356. The number of nitrogens with two attached hydrogens (primary N) is 1. The number of aliphatic carboxylic acids is 1. The lowest BCUT2D eigenvalue weighted by Gasteiger charge is -2.20. The molecule has 2 unspecified atom stereocenters. The van der Waals surface area contributed by atoms with E-state index >= 15 is 0 Å². The van der Waals surface area contributed by atoms with E-state index in [1.54, 1.807) is 18.2 Å². The minimum Gasteiger partial charge on any atom is -0.480 e. The number of carboxylic acids is 1. The maximum Gasteiger partial charge on any atom is 0.322 e. The fourth-order valence-corrected chi connectivity index (χ4v) is 1.68. The zero-order valence-corrected chi connectivity index (χ0v) is 10.1. The summed E-state index contributed by atoms with van der Waals surface area (Å²) in [4.78, 5) is 10.9. The molecule has 0 aliphatic carbocycles. The molecule has 0 aliphatic heterocycles. The summed E-state index contributed by atoms with van der Waals surface area (Å²) in [5, 5.41) is 12.3. The van der Waals surface area contributed by atoms with Crippen molar-refractivity contribution in [3.63, 3.8) is 0 Å². The molecule has 4 N–H and O–H groups in total. The molecule has 0 aromatic heterocycles. The van der Waals surface area contributed by atoms with Gasteiger partial charge in [0.1, 0.15) is 6.04 Å². The summed E-state index contributed by atoms with van der Waals surface area (Å²) < 4.78 is 0. The van der Waals surface area contributed by atoms with Gasteiger partial charge in [-0.25, -0.2) is 0 Å². The lowest BCUT2D eigenvalue weighted by molar-refractivity contribution is -0.139. The van der Waals surface area contributed by atoms with E-state index in [1.807, 2.05) is 0 Å². The second kappa shape index (κ2) is 5.50. The number of hydrogen-bond donors (Lipinski definition) is 3. The van der Waals surface area contributed by atoms with Gasteiger partial charge in [0.2, 0.25) is 0 Å². The smallest absolute Gasteiger partial charge is 0.322 e. The van der Waals surface area contributed by atoms with Gasteiger partial charge in [0.05, 0.1) is 16.1 Å². The molecule has 0 amide bonds. The monoisotopic (exact) mass is 262 g/mol. The molecule has 0 radical (unpaired) electrons. The second-order valence-corrected chi connectivity index (χ2v) is 4.12. The fourth-order valence-electron chi connectivity index (χ4n) is 1.37. The fraction of sp³-hybridized carbons (Fsp3) is 0.300. The number of carbonyl (C=O) groups is 1. The van der Waals surface area contributed by atoms with Crippen LogP contribution in [0.15, 0.2) is 18.2 Å². The number of halogens is 2. The third kappa shape index (κ3) is 2.86. The van der Waals surface area contributed by atoms with Gasteiger partial charge in [0.15, 0.2) is 0 Å². The molecule has 16 heavy (non-hydrogen) atoms. The molecule has 0 bridgehead atoms. The molecule has 1 aromatic carbocycles. The molecular weight excluding hydrogens is 251 g/mol. The lowest BCUT2D eigenvalue weighted by Crippen LogP contribution is -2.43. The van der Waals surface area contributed by atoms with Crippen molar-refractivity contribution in [2.75, 3.05) is 7.05 Å². The summed E-state index contributed by atoms with van der Waals surface area (Å²) in [5.74, 6) is -1.01. The Hall–Kier alpha value is -0.810. The minimum atomic E-state index is -1.01. The Morgan fingerprint density at radius 1 is 1.44 bits per heavy atom.